The first kappa shape index (κ1) is 33.9. The van der Waals surface area contributed by atoms with Crippen LogP contribution in [0, 0.1) is 0 Å². The Balaban J connectivity index is 0.000000257. The van der Waals surface area contributed by atoms with Crippen molar-refractivity contribution in [1.82, 2.24) is 9.97 Å². The first-order chi connectivity index (χ1) is 20.7. The zero-order valence-corrected chi connectivity index (χ0v) is 26.5. The number of nitrogen functional groups attached to an aromatic ring is 1. The first-order valence-corrected chi connectivity index (χ1v) is 17.3. The number of aromatic hydroxyl groups is 1. The third-order valence-electron chi connectivity index (χ3n) is 5.59. The van der Waals surface area contributed by atoms with Crippen LogP contribution in [0.5, 0.6) is 34.5 Å². The zero-order chi connectivity index (χ0) is 32.3. The molecule has 0 saturated carbocycles. The lowest BCUT2D eigenvalue weighted by atomic mass is 10.1. The third-order valence-corrected chi connectivity index (χ3v) is 6.65. The molecule has 0 atom stereocenters. The van der Waals surface area contributed by atoms with Gasteiger partial charge in [-0.1, -0.05) is 38.8 Å². The summed E-state index contributed by atoms with van der Waals surface area (Å²) in [4.78, 5) is 7.86. The number of rotatable bonds is 12. The highest BCUT2D eigenvalue weighted by Gasteiger charge is 2.14. The number of nitrogens with one attached hydrogen (secondary N) is 1. The maximum absolute atomic E-state index is 11.5. The number of hydrogen-bond acceptors (Lipinski definition) is 11. The number of nitrogens with two attached hydrogens (primary N) is 1. The van der Waals surface area contributed by atoms with Crippen molar-refractivity contribution in [1.29, 1.82) is 0 Å². The van der Waals surface area contributed by atoms with E-state index >= 15 is 0 Å². The second kappa shape index (κ2) is 15.3. The van der Waals surface area contributed by atoms with Crippen LogP contribution in [0.1, 0.15) is 37.8 Å². The van der Waals surface area contributed by atoms with E-state index in [1.165, 1.54) is 24.5 Å². The van der Waals surface area contributed by atoms with Gasteiger partial charge in [-0.3, -0.25) is 4.72 Å². The quantitative estimate of drug-likeness (QED) is 0.162. The van der Waals surface area contributed by atoms with E-state index in [0.717, 1.165) is 49.3 Å². The standard InChI is InChI=1S/C16H20N2O6S2.C14H16N2O2/c1-4-5-12-6-8-14(15(10-12)24-26(3,21)22)23-13-7-9-16(17-11-13)18-25(2,19)20;1-2-3-10-4-6-13(12(17)8-10)18-11-5-7-14(15)16-9-11/h6-11H,4-5H2,1-3H3,(H,17,18);4-9,17H,2-3H2,1H3,(H2,15,16). The summed E-state index contributed by atoms with van der Waals surface area (Å²) in [7, 11) is -7.15. The van der Waals surface area contributed by atoms with Gasteiger partial charge in [0.2, 0.25) is 10.0 Å². The van der Waals surface area contributed by atoms with Crippen LogP contribution >= 0.6 is 0 Å². The van der Waals surface area contributed by atoms with Crippen LogP contribution in [-0.4, -0.2) is 44.4 Å². The lowest BCUT2D eigenvalue weighted by Crippen LogP contribution is -2.10. The van der Waals surface area contributed by atoms with Crippen LogP contribution < -0.4 is 24.1 Å². The second-order valence-corrected chi connectivity index (χ2v) is 13.1. The van der Waals surface area contributed by atoms with Gasteiger partial charge in [0.1, 0.15) is 23.1 Å². The van der Waals surface area contributed by atoms with E-state index < -0.39 is 20.1 Å². The van der Waals surface area contributed by atoms with Crippen LogP contribution in [0.2, 0.25) is 0 Å². The van der Waals surface area contributed by atoms with Gasteiger partial charge in [-0.15, -0.1) is 0 Å². The number of aromatic nitrogens is 2. The van der Waals surface area contributed by atoms with Gasteiger partial charge in [0.05, 0.1) is 24.9 Å². The number of benzene rings is 2. The molecule has 0 aliphatic heterocycles. The molecule has 4 aromatic rings. The molecule has 2 aromatic heterocycles. The van der Waals surface area contributed by atoms with Crippen molar-refractivity contribution in [2.24, 2.45) is 0 Å². The van der Waals surface area contributed by atoms with Gasteiger partial charge in [-0.2, -0.15) is 8.42 Å². The molecule has 0 spiro atoms. The predicted molar refractivity (Wildman–Crippen MR) is 170 cm³/mol. The topological polar surface area (TPSA) is 180 Å². The molecule has 12 nitrogen and oxygen atoms in total. The number of phenolic OH excluding ortho intramolecular Hbond substituents is 1. The number of hydrogen-bond donors (Lipinski definition) is 3. The van der Waals surface area contributed by atoms with Crippen molar-refractivity contribution >= 4 is 31.8 Å². The van der Waals surface area contributed by atoms with Crippen molar-refractivity contribution in [3.63, 3.8) is 0 Å². The van der Waals surface area contributed by atoms with Crippen molar-refractivity contribution in [2.45, 2.75) is 39.5 Å². The van der Waals surface area contributed by atoms with E-state index in [1.807, 2.05) is 19.1 Å². The van der Waals surface area contributed by atoms with E-state index in [-0.39, 0.29) is 23.1 Å². The fraction of sp³-hybridized carbons (Fsp3) is 0.267. The summed E-state index contributed by atoms with van der Waals surface area (Å²) in [6.07, 6.45) is 8.47. The molecule has 0 bridgehead atoms. The number of phenols is 1. The Labute approximate surface area is 258 Å². The minimum Gasteiger partial charge on any atom is -0.504 e. The summed E-state index contributed by atoms with van der Waals surface area (Å²) in [5, 5.41) is 9.86. The summed E-state index contributed by atoms with van der Waals surface area (Å²) in [5.41, 5.74) is 7.50. The molecule has 0 amide bonds. The highest BCUT2D eigenvalue weighted by Crippen LogP contribution is 2.34. The number of sulfonamides is 1. The number of pyridine rings is 2. The van der Waals surface area contributed by atoms with Crippen molar-refractivity contribution in [2.75, 3.05) is 23.0 Å². The Bertz CT molecular complexity index is 1750. The molecule has 236 valence electrons. The van der Waals surface area contributed by atoms with Crippen LogP contribution in [-0.2, 0) is 33.0 Å². The van der Waals surface area contributed by atoms with Gasteiger partial charge in [0, 0.05) is 0 Å². The number of anilines is 2. The molecule has 0 radical (unpaired) electrons. The molecule has 2 heterocycles. The molecule has 44 heavy (non-hydrogen) atoms. The molecular weight excluding hydrogens is 608 g/mol. The Morgan fingerprint density at radius 1 is 0.750 bits per heavy atom. The van der Waals surface area contributed by atoms with Gasteiger partial charge < -0.3 is 24.5 Å². The highest BCUT2D eigenvalue weighted by atomic mass is 32.2. The van der Waals surface area contributed by atoms with Crippen molar-refractivity contribution < 1.29 is 35.6 Å². The fourth-order valence-corrected chi connectivity index (χ4v) is 4.76. The normalized spacial score (nSPS) is 11.2. The molecule has 0 unspecified atom stereocenters. The summed E-state index contributed by atoms with van der Waals surface area (Å²) in [5.74, 6) is 2.26. The van der Waals surface area contributed by atoms with E-state index in [2.05, 4.69) is 21.6 Å². The fourth-order valence-electron chi connectivity index (χ4n) is 3.80. The lowest BCUT2D eigenvalue weighted by Gasteiger charge is -2.13. The van der Waals surface area contributed by atoms with Gasteiger partial charge >= 0.3 is 10.1 Å². The van der Waals surface area contributed by atoms with Crippen molar-refractivity contribution in [3.8, 4) is 34.5 Å². The predicted octanol–water partition coefficient (Wildman–Crippen LogP) is 5.65. The first-order valence-electron chi connectivity index (χ1n) is 13.6. The molecule has 4 rings (SSSR count). The highest BCUT2D eigenvalue weighted by molar-refractivity contribution is 7.92. The van der Waals surface area contributed by atoms with Crippen LogP contribution in [0.4, 0.5) is 11.6 Å². The molecule has 14 heteroatoms. The summed E-state index contributed by atoms with van der Waals surface area (Å²) in [6.45, 7) is 4.11. The molecular formula is C30H36N4O8S2. The Hall–Kier alpha value is -4.56. The Kier molecular flexibility index (Phi) is 11.8. The van der Waals surface area contributed by atoms with Gasteiger partial charge in [0.25, 0.3) is 0 Å². The zero-order valence-electron chi connectivity index (χ0n) is 24.8. The molecule has 0 aliphatic carbocycles. The SMILES string of the molecule is CCCc1ccc(Oc2ccc(N)nc2)c(O)c1.CCCc1ccc(Oc2ccc(NS(C)(=O)=O)nc2)c(OS(C)(=O)=O)c1. The minimum absolute atomic E-state index is 0.0804. The Morgan fingerprint density at radius 2 is 1.32 bits per heavy atom. The lowest BCUT2D eigenvalue weighted by molar-refractivity contribution is 0.410. The van der Waals surface area contributed by atoms with Crippen LogP contribution in [0.25, 0.3) is 0 Å². The molecule has 0 aliphatic rings. The smallest absolute Gasteiger partial charge is 0.306 e. The van der Waals surface area contributed by atoms with E-state index in [4.69, 9.17) is 19.4 Å². The van der Waals surface area contributed by atoms with E-state index in [0.29, 0.717) is 23.1 Å². The molecule has 4 N–H and O–H groups in total. The van der Waals surface area contributed by atoms with Gasteiger partial charge in [-0.25, -0.2) is 18.4 Å². The maximum Gasteiger partial charge on any atom is 0.306 e. The number of ether oxygens (including phenoxy) is 2. The monoisotopic (exact) mass is 644 g/mol. The largest absolute Gasteiger partial charge is 0.504 e. The van der Waals surface area contributed by atoms with Crippen LogP contribution in [0.3, 0.4) is 0 Å². The molecule has 2 aromatic carbocycles. The number of aryl methyl sites for hydroxylation is 2. The van der Waals surface area contributed by atoms with Gasteiger partial charge in [0.15, 0.2) is 23.0 Å². The average Bonchev–Trinajstić information content (AvgIpc) is 2.93. The Morgan fingerprint density at radius 3 is 1.82 bits per heavy atom. The number of nitrogens with zero attached hydrogens (tertiary/aromatic N) is 2. The van der Waals surface area contributed by atoms with E-state index in [1.54, 1.807) is 36.4 Å². The van der Waals surface area contributed by atoms with E-state index in [9.17, 15) is 21.9 Å². The molecule has 0 saturated heterocycles. The summed E-state index contributed by atoms with van der Waals surface area (Å²) < 4.78 is 63.8. The third kappa shape index (κ3) is 11.6. The van der Waals surface area contributed by atoms with Gasteiger partial charge in [-0.05, 0) is 72.5 Å². The second-order valence-electron chi connectivity index (χ2n) is 9.75. The minimum atomic E-state index is -3.72. The molecule has 0 fully saturated rings. The summed E-state index contributed by atoms with van der Waals surface area (Å²) in [6, 6.07) is 16.8. The van der Waals surface area contributed by atoms with Crippen LogP contribution in [0.15, 0.2) is 73.1 Å². The maximum atomic E-state index is 11.5. The van der Waals surface area contributed by atoms with Crippen molar-refractivity contribution in [3.05, 3.63) is 84.2 Å². The average molecular weight is 645 g/mol. The summed E-state index contributed by atoms with van der Waals surface area (Å²) >= 11 is 0.